The molecule has 1 atom stereocenters. The van der Waals surface area contributed by atoms with E-state index >= 15 is 0 Å². The van der Waals surface area contributed by atoms with Gasteiger partial charge in [-0.2, -0.15) is 0 Å². The Bertz CT molecular complexity index is 520. The van der Waals surface area contributed by atoms with Crippen LogP contribution in [0.1, 0.15) is 13.8 Å². The number of benzene rings is 1. The van der Waals surface area contributed by atoms with Crippen molar-refractivity contribution in [2.75, 3.05) is 5.88 Å². The predicted molar refractivity (Wildman–Crippen MR) is 66.0 cm³/mol. The molecular formula is C11H14ClF2NO2S. The third-order valence-corrected chi connectivity index (χ3v) is 4.30. The molecule has 1 N–H and O–H groups in total. The highest BCUT2D eigenvalue weighted by Crippen LogP contribution is 2.17. The van der Waals surface area contributed by atoms with Crippen LogP contribution in [0.2, 0.25) is 0 Å². The van der Waals surface area contributed by atoms with Crippen LogP contribution < -0.4 is 4.72 Å². The molecule has 0 aliphatic heterocycles. The molecule has 0 aromatic heterocycles. The van der Waals surface area contributed by atoms with Crippen molar-refractivity contribution in [3.8, 4) is 0 Å². The summed E-state index contributed by atoms with van der Waals surface area (Å²) in [6.07, 6.45) is 0. The summed E-state index contributed by atoms with van der Waals surface area (Å²) >= 11 is 5.63. The van der Waals surface area contributed by atoms with Crippen LogP contribution in [0.15, 0.2) is 23.1 Å². The average Bonchev–Trinajstić information content (AvgIpc) is 2.28. The van der Waals surface area contributed by atoms with E-state index in [4.69, 9.17) is 11.6 Å². The van der Waals surface area contributed by atoms with Gasteiger partial charge < -0.3 is 0 Å². The number of alkyl halides is 1. The van der Waals surface area contributed by atoms with Crippen LogP contribution in [0.4, 0.5) is 8.78 Å². The van der Waals surface area contributed by atoms with Gasteiger partial charge in [0.2, 0.25) is 10.0 Å². The predicted octanol–water partition coefficient (Wildman–Crippen LogP) is 2.51. The Labute approximate surface area is 110 Å². The first-order valence-corrected chi connectivity index (χ1v) is 7.33. The maximum atomic E-state index is 13.4. The number of halogens is 3. The Morgan fingerprint density at radius 2 is 1.94 bits per heavy atom. The Hall–Kier alpha value is -0.720. The lowest BCUT2D eigenvalue weighted by Crippen LogP contribution is -2.40. The number of hydrogen-bond donors (Lipinski definition) is 1. The quantitative estimate of drug-likeness (QED) is 0.849. The van der Waals surface area contributed by atoms with Gasteiger partial charge in [0.15, 0.2) is 0 Å². The normalized spacial score (nSPS) is 13.9. The molecule has 0 heterocycles. The van der Waals surface area contributed by atoms with Crippen LogP contribution in [-0.4, -0.2) is 20.3 Å². The molecule has 0 saturated heterocycles. The van der Waals surface area contributed by atoms with Crippen molar-refractivity contribution in [3.05, 3.63) is 29.8 Å². The van der Waals surface area contributed by atoms with Gasteiger partial charge >= 0.3 is 0 Å². The third kappa shape index (κ3) is 3.63. The van der Waals surface area contributed by atoms with Crippen molar-refractivity contribution >= 4 is 21.6 Å². The Morgan fingerprint density at radius 1 is 1.33 bits per heavy atom. The zero-order valence-electron chi connectivity index (χ0n) is 9.95. The summed E-state index contributed by atoms with van der Waals surface area (Å²) < 4.78 is 52.4. The van der Waals surface area contributed by atoms with Crippen LogP contribution in [0.5, 0.6) is 0 Å². The lowest BCUT2D eigenvalue weighted by molar-refractivity contribution is 0.475. The van der Waals surface area contributed by atoms with Crippen molar-refractivity contribution in [2.24, 2.45) is 5.92 Å². The monoisotopic (exact) mass is 297 g/mol. The van der Waals surface area contributed by atoms with Crippen molar-refractivity contribution in [3.63, 3.8) is 0 Å². The maximum absolute atomic E-state index is 13.4. The first-order chi connectivity index (χ1) is 8.27. The fourth-order valence-electron chi connectivity index (χ4n) is 1.29. The molecule has 0 fully saturated rings. The molecule has 0 bridgehead atoms. The Kier molecular flexibility index (Phi) is 5.07. The molecular weight excluding hydrogens is 284 g/mol. The summed E-state index contributed by atoms with van der Waals surface area (Å²) in [4.78, 5) is -0.710. The second kappa shape index (κ2) is 5.95. The number of nitrogens with one attached hydrogen (secondary N) is 1. The fourth-order valence-corrected chi connectivity index (χ4v) is 3.29. The first-order valence-electron chi connectivity index (χ1n) is 5.31. The van der Waals surface area contributed by atoms with Gasteiger partial charge in [-0.15, -0.1) is 11.6 Å². The van der Waals surface area contributed by atoms with Gasteiger partial charge in [0, 0.05) is 11.9 Å². The molecule has 1 aromatic rings. The topological polar surface area (TPSA) is 46.2 Å². The number of hydrogen-bond acceptors (Lipinski definition) is 2. The summed E-state index contributed by atoms with van der Waals surface area (Å²) in [6, 6.07) is 1.73. The van der Waals surface area contributed by atoms with E-state index in [1.165, 1.54) is 0 Å². The van der Waals surface area contributed by atoms with Gasteiger partial charge in [-0.1, -0.05) is 13.8 Å². The van der Waals surface area contributed by atoms with E-state index in [0.717, 1.165) is 12.1 Å². The second-order valence-electron chi connectivity index (χ2n) is 4.20. The van der Waals surface area contributed by atoms with Gasteiger partial charge in [0.1, 0.15) is 16.5 Å². The minimum absolute atomic E-state index is 0.0494. The van der Waals surface area contributed by atoms with Crippen LogP contribution in [0, 0.1) is 17.6 Å². The van der Waals surface area contributed by atoms with Crippen molar-refractivity contribution in [2.45, 2.75) is 24.8 Å². The molecule has 0 spiro atoms. The largest absolute Gasteiger partial charge is 0.243 e. The summed E-state index contributed by atoms with van der Waals surface area (Å²) in [5.41, 5.74) is 0. The second-order valence-corrected chi connectivity index (χ2v) is 6.19. The molecule has 1 unspecified atom stereocenters. The molecule has 0 aliphatic carbocycles. The van der Waals surface area contributed by atoms with Crippen LogP contribution in [0.3, 0.4) is 0 Å². The zero-order valence-corrected chi connectivity index (χ0v) is 11.5. The van der Waals surface area contributed by atoms with Gasteiger partial charge in [0.05, 0.1) is 0 Å². The van der Waals surface area contributed by atoms with E-state index < -0.39 is 32.6 Å². The maximum Gasteiger partial charge on any atom is 0.243 e. The number of sulfonamides is 1. The summed E-state index contributed by atoms with van der Waals surface area (Å²) in [5, 5.41) is 0. The van der Waals surface area contributed by atoms with E-state index in [-0.39, 0.29) is 11.8 Å². The minimum atomic E-state index is -4.12. The molecule has 1 aromatic carbocycles. The standard InChI is InChI=1S/C11H14ClF2NO2S/c1-7(2)10(6-12)15-18(16,17)11-5-8(13)3-4-9(11)14/h3-5,7,10,15H,6H2,1-2H3. The van der Waals surface area contributed by atoms with Gasteiger partial charge in [-0.3, -0.25) is 0 Å². The zero-order chi connectivity index (χ0) is 13.9. The highest BCUT2D eigenvalue weighted by molar-refractivity contribution is 7.89. The Morgan fingerprint density at radius 3 is 2.44 bits per heavy atom. The van der Waals surface area contributed by atoms with Gasteiger partial charge in [0.25, 0.3) is 0 Å². The summed E-state index contributed by atoms with van der Waals surface area (Å²) in [6.45, 7) is 3.55. The average molecular weight is 298 g/mol. The minimum Gasteiger partial charge on any atom is -0.207 e. The molecule has 7 heteroatoms. The van der Waals surface area contributed by atoms with E-state index in [9.17, 15) is 17.2 Å². The SMILES string of the molecule is CC(C)C(CCl)NS(=O)(=O)c1cc(F)ccc1F. The lowest BCUT2D eigenvalue weighted by atomic mass is 10.1. The Balaban J connectivity index is 3.10. The molecule has 3 nitrogen and oxygen atoms in total. The van der Waals surface area contributed by atoms with Crippen molar-refractivity contribution < 1.29 is 17.2 Å². The van der Waals surface area contributed by atoms with Crippen LogP contribution >= 0.6 is 11.6 Å². The van der Waals surface area contributed by atoms with Crippen LogP contribution in [0.25, 0.3) is 0 Å². The molecule has 0 amide bonds. The van der Waals surface area contributed by atoms with E-state index in [1.807, 2.05) is 0 Å². The first kappa shape index (κ1) is 15.3. The molecule has 18 heavy (non-hydrogen) atoms. The van der Waals surface area contributed by atoms with Crippen molar-refractivity contribution in [1.82, 2.24) is 4.72 Å². The van der Waals surface area contributed by atoms with E-state index in [2.05, 4.69) is 4.72 Å². The summed E-state index contributed by atoms with van der Waals surface area (Å²) in [7, 11) is -4.12. The van der Waals surface area contributed by atoms with Gasteiger partial charge in [-0.05, 0) is 24.1 Å². The van der Waals surface area contributed by atoms with E-state index in [0.29, 0.717) is 6.07 Å². The van der Waals surface area contributed by atoms with Crippen LogP contribution in [-0.2, 0) is 10.0 Å². The molecule has 1 rings (SSSR count). The number of rotatable bonds is 5. The highest BCUT2D eigenvalue weighted by Gasteiger charge is 2.25. The summed E-state index contributed by atoms with van der Waals surface area (Å²) in [5.74, 6) is -1.83. The molecule has 102 valence electrons. The van der Waals surface area contributed by atoms with E-state index in [1.54, 1.807) is 13.8 Å². The molecule has 0 saturated carbocycles. The smallest absolute Gasteiger partial charge is 0.207 e. The van der Waals surface area contributed by atoms with Gasteiger partial charge in [-0.25, -0.2) is 21.9 Å². The lowest BCUT2D eigenvalue weighted by Gasteiger charge is -2.19. The van der Waals surface area contributed by atoms with Crippen molar-refractivity contribution in [1.29, 1.82) is 0 Å². The fraction of sp³-hybridized carbons (Fsp3) is 0.455. The molecule has 0 aliphatic rings. The molecule has 0 radical (unpaired) electrons. The highest BCUT2D eigenvalue weighted by atomic mass is 35.5. The third-order valence-electron chi connectivity index (χ3n) is 2.46.